The standard InChI is InChI=1S/C30H46O3.K/c1-18(2)19-10-15-30(25(32)33)17-16-28(6)20(24(19)30)8-9-22-27(5)13-12-23(31)26(3,4)21(27)11-14-29(22,28)7;/h19-22,24H,1,8-17H2,2-7H3,(H,32,33);/q;+1/p-1/t19-,20?,21?,22?,24?,27?,28+,29?,30?;/m0./s1. The molecule has 0 spiro atoms. The Balaban J connectivity index is 0.00000274. The third kappa shape index (κ3) is 3.26. The van der Waals surface area contributed by atoms with Crippen LogP contribution in [-0.2, 0) is 9.59 Å². The molecule has 5 saturated carbocycles. The zero-order chi connectivity index (χ0) is 24.2. The van der Waals surface area contributed by atoms with Crippen molar-refractivity contribution in [2.24, 2.45) is 56.7 Å². The van der Waals surface area contributed by atoms with Crippen LogP contribution >= 0.6 is 0 Å². The molecule has 0 aromatic heterocycles. The maximum absolute atomic E-state index is 12.9. The summed E-state index contributed by atoms with van der Waals surface area (Å²) in [4.78, 5) is 25.5. The van der Waals surface area contributed by atoms with Crippen LogP contribution in [0.4, 0.5) is 0 Å². The molecule has 5 fully saturated rings. The Kier molecular flexibility index (Phi) is 6.90. The van der Waals surface area contributed by atoms with E-state index in [4.69, 9.17) is 0 Å². The number of carbonyl (C=O) groups is 2. The van der Waals surface area contributed by atoms with Crippen molar-refractivity contribution in [3.8, 4) is 0 Å². The normalized spacial score (nSPS) is 51.2. The fourth-order valence-electron chi connectivity index (χ4n) is 11.3. The van der Waals surface area contributed by atoms with Gasteiger partial charge < -0.3 is 9.90 Å². The molecule has 0 heterocycles. The molecule has 0 aliphatic heterocycles. The molecule has 5 rings (SSSR count). The van der Waals surface area contributed by atoms with E-state index < -0.39 is 11.4 Å². The summed E-state index contributed by atoms with van der Waals surface area (Å²) in [5, 5.41) is 12.6. The zero-order valence-corrected chi connectivity index (χ0v) is 26.0. The quantitative estimate of drug-likeness (QED) is 0.440. The van der Waals surface area contributed by atoms with E-state index in [1.54, 1.807) is 0 Å². The summed E-state index contributed by atoms with van der Waals surface area (Å²) in [5.74, 6) is 1.64. The van der Waals surface area contributed by atoms with Crippen molar-refractivity contribution in [3.63, 3.8) is 0 Å². The minimum absolute atomic E-state index is 0. The molecule has 0 amide bonds. The van der Waals surface area contributed by atoms with Gasteiger partial charge in [0.2, 0.25) is 0 Å². The van der Waals surface area contributed by atoms with Crippen LogP contribution in [0.1, 0.15) is 106 Å². The Bertz CT molecular complexity index is 909. The SMILES string of the molecule is C=C(C)[C@@H]1CCC2(C(=O)[O-])CC[C@]3(C)C(CCC4C5(C)CCC(=O)C(C)(C)C5CCC43C)C12.[K+]. The van der Waals surface area contributed by atoms with Crippen LogP contribution in [0.25, 0.3) is 0 Å². The van der Waals surface area contributed by atoms with Crippen LogP contribution in [0.15, 0.2) is 12.2 Å². The van der Waals surface area contributed by atoms with Crippen LogP contribution in [0.5, 0.6) is 0 Å². The monoisotopic (exact) mass is 492 g/mol. The molecule has 0 aromatic rings. The van der Waals surface area contributed by atoms with E-state index in [0.29, 0.717) is 29.5 Å². The van der Waals surface area contributed by atoms with E-state index in [0.717, 1.165) is 51.4 Å². The summed E-state index contributed by atoms with van der Waals surface area (Å²) in [5.41, 5.74) is 0.819. The first-order valence-corrected chi connectivity index (χ1v) is 13.7. The number of carboxylic acid groups (broad SMARTS) is 1. The molecule has 34 heavy (non-hydrogen) atoms. The molecule has 3 nitrogen and oxygen atoms in total. The summed E-state index contributed by atoms with van der Waals surface area (Å²) >= 11 is 0. The fraction of sp³-hybridized carbons (Fsp3) is 0.867. The Hall–Kier alpha value is 0.516. The van der Waals surface area contributed by atoms with Gasteiger partial charge in [-0.3, -0.25) is 4.79 Å². The number of carbonyl (C=O) groups excluding carboxylic acids is 2. The third-order valence-corrected chi connectivity index (χ3v) is 13.2. The number of rotatable bonds is 2. The van der Waals surface area contributed by atoms with Gasteiger partial charge in [-0.1, -0.05) is 46.8 Å². The first-order chi connectivity index (χ1) is 15.3. The predicted molar refractivity (Wildman–Crippen MR) is 129 cm³/mol. The summed E-state index contributed by atoms with van der Waals surface area (Å²) in [6.45, 7) is 18.4. The average Bonchev–Trinajstić information content (AvgIpc) is 3.13. The third-order valence-electron chi connectivity index (χ3n) is 13.2. The molecule has 0 radical (unpaired) electrons. The smallest absolute Gasteiger partial charge is 0.550 e. The zero-order valence-electron chi connectivity index (χ0n) is 22.9. The van der Waals surface area contributed by atoms with Gasteiger partial charge in [-0.05, 0) is 111 Å². The van der Waals surface area contributed by atoms with E-state index in [1.165, 1.54) is 18.4 Å². The van der Waals surface area contributed by atoms with E-state index in [9.17, 15) is 14.7 Å². The van der Waals surface area contributed by atoms with Gasteiger partial charge in [0.05, 0.1) is 0 Å². The molecule has 4 heteroatoms. The molecule has 5 aliphatic carbocycles. The van der Waals surface area contributed by atoms with Crippen molar-refractivity contribution in [3.05, 3.63) is 12.2 Å². The summed E-state index contributed by atoms with van der Waals surface area (Å²) in [6.07, 6.45) is 9.84. The Labute approximate surface area is 250 Å². The minimum atomic E-state index is -0.797. The first kappa shape index (κ1) is 27.5. The molecular formula is C30H45KO3. The number of carboxylic acids is 1. The second-order valence-corrected chi connectivity index (χ2v) is 14.3. The Morgan fingerprint density at radius 1 is 0.882 bits per heavy atom. The van der Waals surface area contributed by atoms with Crippen molar-refractivity contribution in [1.29, 1.82) is 0 Å². The van der Waals surface area contributed by atoms with Crippen LogP contribution in [0.2, 0.25) is 0 Å². The second-order valence-electron chi connectivity index (χ2n) is 14.3. The summed E-state index contributed by atoms with van der Waals surface area (Å²) in [7, 11) is 0. The van der Waals surface area contributed by atoms with E-state index >= 15 is 0 Å². The van der Waals surface area contributed by atoms with Gasteiger partial charge >= 0.3 is 51.4 Å². The van der Waals surface area contributed by atoms with Crippen molar-refractivity contribution in [1.82, 2.24) is 0 Å². The van der Waals surface area contributed by atoms with Crippen molar-refractivity contribution in [2.75, 3.05) is 0 Å². The largest absolute Gasteiger partial charge is 1.00 e. The molecule has 0 saturated heterocycles. The van der Waals surface area contributed by atoms with Gasteiger partial charge in [0.15, 0.2) is 0 Å². The maximum atomic E-state index is 12.9. The number of allylic oxidation sites excluding steroid dienone is 1. The number of fused-ring (bicyclic) bond motifs is 7. The Morgan fingerprint density at radius 3 is 2.18 bits per heavy atom. The number of ketones is 1. The van der Waals surface area contributed by atoms with Gasteiger partial charge in [0.1, 0.15) is 5.78 Å². The molecule has 184 valence electrons. The molecule has 5 aliphatic rings. The van der Waals surface area contributed by atoms with Crippen LogP contribution in [0, 0.1) is 56.7 Å². The summed E-state index contributed by atoms with van der Waals surface area (Å²) < 4.78 is 0. The van der Waals surface area contributed by atoms with Crippen LogP contribution in [0.3, 0.4) is 0 Å². The van der Waals surface area contributed by atoms with Gasteiger partial charge in [-0.15, -0.1) is 0 Å². The number of Topliss-reactive ketones (excluding diaryl/α,β-unsaturated/α-hetero) is 1. The minimum Gasteiger partial charge on any atom is -0.550 e. The van der Waals surface area contributed by atoms with E-state index in [2.05, 4.69) is 48.1 Å². The van der Waals surface area contributed by atoms with Crippen LogP contribution < -0.4 is 56.5 Å². The molecular weight excluding hydrogens is 447 g/mol. The number of hydrogen-bond donors (Lipinski definition) is 0. The first-order valence-electron chi connectivity index (χ1n) is 13.7. The van der Waals surface area contributed by atoms with E-state index in [-0.39, 0.29) is 79.0 Å². The molecule has 0 N–H and O–H groups in total. The molecule has 0 bridgehead atoms. The molecule has 0 aromatic carbocycles. The molecule has 7 unspecified atom stereocenters. The maximum Gasteiger partial charge on any atom is 1.00 e. The second kappa shape index (κ2) is 8.51. The van der Waals surface area contributed by atoms with Gasteiger partial charge in [-0.25, -0.2) is 0 Å². The van der Waals surface area contributed by atoms with Crippen LogP contribution in [-0.4, -0.2) is 11.8 Å². The van der Waals surface area contributed by atoms with Gasteiger partial charge in [0, 0.05) is 23.2 Å². The number of aliphatic carboxylic acids is 1. The van der Waals surface area contributed by atoms with Crippen molar-refractivity contribution in [2.45, 2.75) is 106 Å². The Morgan fingerprint density at radius 2 is 1.56 bits per heavy atom. The topological polar surface area (TPSA) is 57.2 Å². The van der Waals surface area contributed by atoms with Crippen molar-refractivity contribution >= 4 is 11.8 Å². The fourth-order valence-corrected chi connectivity index (χ4v) is 11.3. The number of hydrogen-bond acceptors (Lipinski definition) is 3. The van der Waals surface area contributed by atoms with Gasteiger partial charge in [0.25, 0.3) is 0 Å². The summed E-state index contributed by atoms with van der Waals surface area (Å²) in [6, 6.07) is 0. The van der Waals surface area contributed by atoms with Gasteiger partial charge in [-0.2, -0.15) is 0 Å². The van der Waals surface area contributed by atoms with E-state index in [1.807, 2.05) is 0 Å². The average molecular weight is 493 g/mol. The molecule has 9 atom stereocenters. The predicted octanol–water partition coefficient (Wildman–Crippen LogP) is 2.97. The van der Waals surface area contributed by atoms with Crippen molar-refractivity contribution < 1.29 is 66.1 Å².